The number of benzene rings is 1. The van der Waals surface area contributed by atoms with Crippen LogP contribution in [0.3, 0.4) is 0 Å². The number of piperazine rings is 1. The van der Waals surface area contributed by atoms with Crippen LogP contribution in [-0.4, -0.2) is 72.4 Å². The zero-order valence-electron chi connectivity index (χ0n) is 19.8. The molecule has 2 aromatic rings. The predicted octanol–water partition coefficient (Wildman–Crippen LogP) is 3.25. The highest BCUT2D eigenvalue weighted by Gasteiger charge is 2.23. The van der Waals surface area contributed by atoms with Gasteiger partial charge < -0.3 is 24.8 Å². The highest BCUT2D eigenvalue weighted by molar-refractivity contribution is 14.0. The van der Waals surface area contributed by atoms with Crippen molar-refractivity contribution in [1.82, 2.24) is 25.6 Å². The fraction of sp³-hybridized carbons (Fsp3) is 0.522. The topological polar surface area (TPSA) is 95.2 Å². The van der Waals surface area contributed by atoms with Gasteiger partial charge in [0.1, 0.15) is 11.9 Å². The van der Waals surface area contributed by atoms with Gasteiger partial charge in [-0.15, -0.1) is 24.0 Å². The Balaban J connectivity index is 0.00000385. The van der Waals surface area contributed by atoms with Crippen LogP contribution < -0.4 is 10.6 Å². The van der Waals surface area contributed by atoms with Crippen LogP contribution in [0.2, 0.25) is 0 Å². The second-order valence-corrected chi connectivity index (χ2v) is 8.79. The molecule has 3 rings (SSSR count). The van der Waals surface area contributed by atoms with E-state index in [0.717, 1.165) is 49.9 Å². The molecule has 182 valence electrons. The maximum absolute atomic E-state index is 12.4. The minimum Gasteiger partial charge on any atom is -0.444 e. The lowest BCUT2D eigenvalue weighted by atomic mass is 10.1. The Bertz CT molecular complexity index is 862. The smallest absolute Gasteiger partial charge is 0.408 e. The SMILES string of the molecule is CN=C(NCC(NC(=O)OC(C)(C)C)c1ccccc1)N1CCN(Cc2ccon2)CC1.I. The molecule has 1 amide bonds. The molecule has 1 saturated heterocycles. The van der Waals surface area contributed by atoms with Gasteiger partial charge >= 0.3 is 6.09 Å². The Morgan fingerprint density at radius 1 is 1.18 bits per heavy atom. The molecule has 1 aromatic heterocycles. The normalized spacial score (nSPS) is 16.0. The highest BCUT2D eigenvalue weighted by atomic mass is 127. The van der Waals surface area contributed by atoms with E-state index in [0.29, 0.717) is 6.54 Å². The molecule has 1 unspecified atom stereocenters. The summed E-state index contributed by atoms with van der Waals surface area (Å²) >= 11 is 0. The Morgan fingerprint density at radius 2 is 1.88 bits per heavy atom. The van der Waals surface area contributed by atoms with Crippen LogP contribution in [0.1, 0.15) is 38.1 Å². The molecular weight excluding hydrogens is 535 g/mol. The van der Waals surface area contributed by atoms with E-state index in [1.54, 1.807) is 13.3 Å². The lowest BCUT2D eigenvalue weighted by molar-refractivity contribution is 0.0504. The number of aliphatic imine (C=N–C) groups is 1. The summed E-state index contributed by atoms with van der Waals surface area (Å²) in [5.74, 6) is 0.818. The maximum atomic E-state index is 12.4. The van der Waals surface area contributed by atoms with Crippen molar-refractivity contribution in [2.75, 3.05) is 39.8 Å². The highest BCUT2D eigenvalue weighted by Crippen LogP contribution is 2.14. The Labute approximate surface area is 212 Å². The molecule has 1 aromatic carbocycles. The van der Waals surface area contributed by atoms with Gasteiger partial charge in [-0.2, -0.15) is 0 Å². The lowest BCUT2D eigenvalue weighted by Gasteiger charge is -2.36. The number of nitrogens with zero attached hydrogens (tertiary/aromatic N) is 4. The fourth-order valence-electron chi connectivity index (χ4n) is 3.58. The van der Waals surface area contributed by atoms with Crippen molar-refractivity contribution in [2.45, 2.75) is 39.0 Å². The summed E-state index contributed by atoms with van der Waals surface area (Å²) in [6, 6.07) is 11.5. The summed E-state index contributed by atoms with van der Waals surface area (Å²) in [7, 11) is 1.78. The number of rotatable bonds is 6. The summed E-state index contributed by atoms with van der Waals surface area (Å²) in [6.07, 6.45) is 1.16. The Kier molecular flexibility index (Phi) is 10.4. The Hall–Kier alpha value is -2.34. The van der Waals surface area contributed by atoms with Gasteiger partial charge in [0, 0.05) is 52.4 Å². The van der Waals surface area contributed by atoms with Crippen molar-refractivity contribution in [2.24, 2.45) is 4.99 Å². The van der Waals surface area contributed by atoms with E-state index in [-0.39, 0.29) is 30.0 Å². The number of hydrogen-bond donors (Lipinski definition) is 2. The quantitative estimate of drug-likeness (QED) is 0.313. The van der Waals surface area contributed by atoms with Gasteiger partial charge in [-0.3, -0.25) is 9.89 Å². The van der Waals surface area contributed by atoms with Crippen LogP contribution in [0.25, 0.3) is 0 Å². The van der Waals surface area contributed by atoms with Gasteiger partial charge in [0.2, 0.25) is 0 Å². The van der Waals surface area contributed by atoms with Crippen LogP contribution in [0.15, 0.2) is 52.2 Å². The van der Waals surface area contributed by atoms with Gasteiger partial charge in [0.25, 0.3) is 0 Å². The van der Waals surface area contributed by atoms with Crippen LogP contribution >= 0.6 is 24.0 Å². The van der Waals surface area contributed by atoms with Crippen LogP contribution in [0, 0.1) is 0 Å². The zero-order valence-corrected chi connectivity index (χ0v) is 22.1. The van der Waals surface area contributed by atoms with E-state index in [1.165, 1.54) is 0 Å². The molecule has 0 spiro atoms. The first-order valence-electron chi connectivity index (χ1n) is 11.0. The summed E-state index contributed by atoms with van der Waals surface area (Å²) in [4.78, 5) is 21.4. The molecule has 9 nitrogen and oxygen atoms in total. The summed E-state index contributed by atoms with van der Waals surface area (Å²) in [5.41, 5.74) is 1.39. The lowest BCUT2D eigenvalue weighted by Crippen LogP contribution is -2.53. The van der Waals surface area contributed by atoms with Gasteiger partial charge in [0.05, 0.1) is 11.7 Å². The summed E-state index contributed by atoms with van der Waals surface area (Å²) in [5, 5.41) is 10.4. The van der Waals surface area contributed by atoms with E-state index >= 15 is 0 Å². The minimum atomic E-state index is -0.555. The standard InChI is InChI=1S/C23H34N6O3.HI/c1-23(2,3)32-22(30)26-20(18-8-6-5-7-9-18)16-25-21(24-4)29-13-11-28(12-14-29)17-19-10-15-31-27-19;/h5-10,15,20H,11-14,16-17H2,1-4H3,(H,24,25)(H,26,30);1H. The first-order valence-corrected chi connectivity index (χ1v) is 11.0. The predicted molar refractivity (Wildman–Crippen MR) is 139 cm³/mol. The number of amides is 1. The number of carbonyl (C=O) groups is 1. The van der Waals surface area contributed by atoms with Crippen molar-refractivity contribution in [3.05, 3.63) is 53.9 Å². The number of alkyl carbamates (subject to hydrolysis) is 1. The van der Waals surface area contributed by atoms with E-state index in [4.69, 9.17) is 9.26 Å². The third-order valence-corrected chi connectivity index (χ3v) is 5.12. The second kappa shape index (κ2) is 12.8. The molecule has 33 heavy (non-hydrogen) atoms. The maximum Gasteiger partial charge on any atom is 0.408 e. The molecule has 10 heteroatoms. The molecule has 0 saturated carbocycles. The average Bonchev–Trinajstić information content (AvgIpc) is 3.27. The van der Waals surface area contributed by atoms with E-state index in [9.17, 15) is 4.79 Å². The third-order valence-electron chi connectivity index (χ3n) is 5.12. The van der Waals surface area contributed by atoms with Crippen molar-refractivity contribution >= 4 is 36.0 Å². The number of ether oxygens (including phenoxy) is 1. The molecule has 2 N–H and O–H groups in total. The second-order valence-electron chi connectivity index (χ2n) is 8.79. The number of nitrogens with one attached hydrogen (secondary N) is 2. The van der Waals surface area contributed by atoms with E-state index < -0.39 is 11.7 Å². The first kappa shape index (κ1) is 26.9. The van der Waals surface area contributed by atoms with Gasteiger partial charge in [-0.25, -0.2) is 4.79 Å². The molecule has 2 heterocycles. The van der Waals surface area contributed by atoms with Gasteiger partial charge in [0.15, 0.2) is 5.96 Å². The van der Waals surface area contributed by atoms with Crippen molar-refractivity contribution in [1.29, 1.82) is 0 Å². The van der Waals surface area contributed by atoms with Crippen molar-refractivity contribution < 1.29 is 14.1 Å². The molecule has 0 radical (unpaired) electrons. The minimum absolute atomic E-state index is 0. The largest absolute Gasteiger partial charge is 0.444 e. The number of hydrogen-bond acceptors (Lipinski definition) is 6. The number of guanidine groups is 1. The zero-order chi connectivity index (χ0) is 23.0. The third kappa shape index (κ3) is 8.84. The number of halogens is 1. The summed E-state index contributed by atoms with van der Waals surface area (Å²) in [6.45, 7) is 10.4. The molecule has 1 fully saturated rings. The molecular formula is C23H35IN6O3. The van der Waals surface area contributed by atoms with Crippen molar-refractivity contribution in [3.8, 4) is 0 Å². The van der Waals surface area contributed by atoms with Gasteiger partial charge in [-0.1, -0.05) is 35.5 Å². The first-order chi connectivity index (χ1) is 15.3. The molecule has 1 atom stereocenters. The van der Waals surface area contributed by atoms with E-state index in [2.05, 4.69) is 30.6 Å². The van der Waals surface area contributed by atoms with E-state index in [1.807, 2.05) is 57.2 Å². The molecule has 1 aliphatic heterocycles. The van der Waals surface area contributed by atoms with Crippen LogP contribution in [0.4, 0.5) is 4.79 Å². The molecule has 0 aliphatic carbocycles. The monoisotopic (exact) mass is 570 g/mol. The van der Waals surface area contributed by atoms with Crippen LogP contribution in [0.5, 0.6) is 0 Å². The van der Waals surface area contributed by atoms with Crippen LogP contribution in [-0.2, 0) is 11.3 Å². The Morgan fingerprint density at radius 3 is 2.45 bits per heavy atom. The average molecular weight is 570 g/mol. The van der Waals surface area contributed by atoms with Gasteiger partial charge in [-0.05, 0) is 26.3 Å². The molecule has 0 bridgehead atoms. The fourth-order valence-corrected chi connectivity index (χ4v) is 3.58. The number of carbonyl (C=O) groups excluding carboxylic acids is 1. The molecule has 1 aliphatic rings. The van der Waals surface area contributed by atoms with Crippen molar-refractivity contribution in [3.63, 3.8) is 0 Å². The number of aromatic nitrogens is 1. The summed E-state index contributed by atoms with van der Waals surface area (Å²) < 4.78 is 10.4.